The van der Waals surface area contributed by atoms with E-state index in [1.165, 1.54) is 24.9 Å². The van der Waals surface area contributed by atoms with Gasteiger partial charge in [0.1, 0.15) is 0 Å². The van der Waals surface area contributed by atoms with Crippen LogP contribution in [-0.2, 0) is 13.0 Å². The molecular weight excluding hydrogens is 182 g/mol. The van der Waals surface area contributed by atoms with Gasteiger partial charge in [-0.1, -0.05) is 38.1 Å². The van der Waals surface area contributed by atoms with Crippen molar-refractivity contribution in [2.75, 3.05) is 6.54 Å². The predicted octanol–water partition coefficient (Wildman–Crippen LogP) is 2.99. The van der Waals surface area contributed by atoms with E-state index in [2.05, 4.69) is 43.4 Å². The van der Waals surface area contributed by atoms with Gasteiger partial charge in [0.2, 0.25) is 0 Å². The van der Waals surface area contributed by atoms with Crippen molar-refractivity contribution in [2.24, 2.45) is 11.8 Å². The van der Waals surface area contributed by atoms with Crippen molar-refractivity contribution in [3.05, 3.63) is 35.4 Å². The van der Waals surface area contributed by atoms with E-state index in [4.69, 9.17) is 0 Å². The third kappa shape index (κ3) is 2.82. The highest BCUT2D eigenvalue weighted by molar-refractivity contribution is 5.28. The van der Waals surface area contributed by atoms with E-state index in [-0.39, 0.29) is 0 Å². The minimum Gasteiger partial charge on any atom is -0.312 e. The molecule has 1 N–H and O–H groups in total. The molecule has 1 nitrogen and oxygen atoms in total. The summed E-state index contributed by atoms with van der Waals surface area (Å²) in [6.07, 6.45) is 2.59. The van der Waals surface area contributed by atoms with Crippen LogP contribution in [0.4, 0.5) is 0 Å². The number of fused-ring (bicyclic) bond motifs is 1. The van der Waals surface area contributed by atoms with E-state index in [0.717, 1.165) is 18.4 Å². The van der Waals surface area contributed by atoms with E-state index in [1.54, 1.807) is 5.56 Å². The van der Waals surface area contributed by atoms with Gasteiger partial charge in [-0.25, -0.2) is 0 Å². The molecule has 1 aliphatic rings. The summed E-state index contributed by atoms with van der Waals surface area (Å²) in [6, 6.07) is 8.84. The van der Waals surface area contributed by atoms with Gasteiger partial charge in [-0.15, -0.1) is 0 Å². The second kappa shape index (κ2) is 4.80. The molecule has 1 unspecified atom stereocenters. The number of hydrogen-bond acceptors (Lipinski definition) is 1. The maximum absolute atomic E-state index is 3.56. The third-order valence-corrected chi connectivity index (χ3v) is 3.18. The zero-order valence-electron chi connectivity index (χ0n) is 9.79. The van der Waals surface area contributed by atoms with Gasteiger partial charge in [0, 0.05) is 6.54 Å². The smallest absolute Gasteiger partial charge is 0.0208 e. The Kier molecular flexibility index (Phi) is 3.42. The fourth-order valence-corrected chi connectivity index (χ4v) is 2.56. The van der Waals surface area contributed by atoms with Crippen molar-refractivity contribution in [1.29, 1.82) is 0 Å². The van der Waals surface area contributed by atoms with Crippen molar-refractivity contribution in [3.63, 3.8) is 0 Å². The summed E-state index contributed by atoms with van der Waals surface area (Å²) in [6.45, 7) is 6.85. The van der Waals surface area contributed by atoms with Crippen LogP contribution in [0.15, 0.2) is 24.3 Å². The van der Waals surface area contributed by atoms with Gasteiger partial charge < -0.3 is 5.32 Å². The summed E-state index contributed by atoms with van der Waals surface area (Å²) < 4.78 is 0. The van der Waals surface area contributed by atoms with Crippen LogP contribution in [0.5, 0.6) is 0 Å². The molecule has 1 aromatic carbocycles. The van der Waals surface area contributed by atoms with E-state index >= 15 is 0 Å². The van der Waals surface area contributed by atoms with Crippen LogP contribution in [-0.4, -0.2) is 6.54 Å². The summed E-state index contributed by atoms with van der Waals surface area (Å²) in [5.74, 6) is 1.62. The number of hydrogen-bond donors (Lipinski definition) is 1. The minimum atomic E-state index is 0.807. The summed E-state index contributed by atoms with van der Waals surface area (Å²) in [5.41, 5.74) is 3.04. The van der Waals surface area contributed by atoms with Gasteiger partial charge in [0.25, 0.3) is 0 Å². The zero-order valence-corrected chi connectivity index (χ0v) is 9.79. The summed E-state index contributed by atoms with van der Waals surface area (Å²) in [5, 5.41) is 3.56. The molecular formula is C14H21N. The number of benzene rings is 1. The molecule has 0 radical (unpaired) electrons. The van der Waals surface area contributed by atoms with Gasteiger partial charge in [-0.3, -0.25) is 0 Å². The molecule has 1 heterocycles. The monoisotopic (exact) mass is 203 g/mol. The normalized spacial score (nSPS) is 21.1. The van der Waals surface area contributed by atoms with Gasteiger partial charge >= 0.3 is 0 Å². The molecule has 0 amide bonds. The molecule has 1 atom stereocenters. The Labute approximate surface area is 92.9 Å². The highest BCUT2D eigenvalue weighted by Gasteiger charge is 2.16. The first-order valence-corrected chi connectivity index (χ1v) is 6.03. The molecule has 1 aromatic rings. The maximum Gasteiger partial charge on any atom is 0.0208 e. The molecule has 0 fully saturated rings. The van der Waals surface area contributed by atoms with Gasteiger partial charge in [0.15, 0.2) is 0 Å². The zero-order chi connectivity index (χ0) is 10.7. The Balaban J connectivity index is 2.10. The van der Waals surface area contributed by atoms with E-state index in [9.17, 15) is 0 Å². The van der Waals surface area contributed by atoms with Crippen LogP contribution < -0.4 is 5.32 Å². The van der Waals surface area contributed by atoms with Crippen LogP contribution >= 0.6 is 0 Å². The van der Waals surface area contributed by atoms with Crippen LogP contribution in [0.1, 0.15) is 31.4 Å². The van der Waals surface area contributed by atoms with Crippen molar-refractivity contribution in [3.8, 4) is 0 Å². The molecule has 15 heavy (non-hydrogen) atoms. The Morgan fingerprint density at radius 2 is 2.00 bits per heavy atom. The fraction of sp³-hybridized carbons (Fsp3) is 0.571. The van der Waals surface area contributed by atoms with Crippen molar-refractivity contribution >= 4 is 0 Å². The Morgan fingerprint density at radius 1 is 1.27 bits per heavy atom. The quantitative estimate of drug-likeness (QED) is 0.779. The minimum absolute atomic E-state index is 0.807. The molecule has 1 heteroatoms. The molecule has 0 saturated carbocycles. The van der Waals surface area contributed by atoms with Crippen LogP contribution in [0, 0.1) is 11.8 Å². The second-order valence-electron chi connectivity index (χ2n) is 5.10. The summed E-state index contributed by atoms with van der Waals surface area (Å²) >= 11 is 0. The van der Waals surface area contributed by atoms with Gasteiger partial charge in [-0.05, 0) is 42.3 Å². The molecule has 0 aromatic heterocycles. The van der Waals surface area contributed by atoms with E-state index < -0.39 is 0 Å². The van der Waals surface area contributed by atoms with E-state index in [0.29, 0.717) is 0 Å². The largest absolute Gasteiger partial charge is 0.312 e. The molecule has 0 saturated heterocycles. The molecule has 0 spiro atoms. The average Bonchev–Trinajstić information content (AvgIpc) is 2.38. The molecule has 1 aliphatic heterocycles. The first-order chi connectivity index (χ1) is 7.25. The lowest BCUT2D eigenvalue weighted by Gasteiger charge is -2.16. The highest BCUT2D eigenvalue weighted by Crippen LogP contribution is 2.21. The van der Waals surface area contributed by atoms with Crippen LogP contribution in [0.3, 0.4) is 0 Å². The topological polar surface area (TPSA) is 12.0 Å². The van der Waals surface area contributed by atoms with Crippen molar-refractivity contribution in [2.45, 2.75) is 33.2 Å². The second-order valence-corrected chi connectivity index (χ2v) is 5.10. The predicted molar refractivity (Wildman–Crippen MR) is 64.8 cm³/mol. The van der Waals surface area contributed by atoms with Crippen molar-refractivity contribution in [1.82, 2.24) is 5.32 Å². The SMILES string of the molecule is CC(C)CC1CNCc2ccccc2C1. The standard InChI is InChI=1S/C14H21N/c1-11(2)7-12-8-13-5-3-4-6-14(13)10-15-9-12/h3-6,11-12,15H,7-10H2,1-2H3. The molecule has 82 valence electrons. The summed E-state index contributed by atoms with van der Waals surface area (Å²) in [4.78, 5) is 0. The highest BCUT2D eigenvalue weighted by atomic mass is 14.9. The lowest BCUT2D eigenvalue weighted by Crippen LogP contribution is -2.21. The van der Waals surface area contributed by atoms with Crippen LogP contribution in [0.2, 0.25) is 0 Å². The maximum atomic E-state index is 3.56. The molecule has 2 rings (SSSR count). The molecule has 0 bridgehead atoms. The third-order valence-electron chi connectivity index (χ3n) is 3.18. The van der Waals surface area contributed by atoms with Crippen molar-refractivity contribution < 1.29 is 0 Å². The lowest BCUT2D eigenvalue weighted by atomic mass is 9.90. The average molecular weight is 203 g/mol. The van der Waals surface area contributed by atoms with E-state index in [1.807, 2.05) is 0 Å². The number of rotatable bonds is 2. The Morgan fingerprint density at radius 3 is 2.73 bits per heavy atom. The molecule has 0 aliphatic carbocycles. The first kappa shape index (κ1) is 10.7. The Bertz CT molecular complexity index is 317. The summed E-state index contributed by atoms with van der Waals surface area (Å²) in [7, 11) is 0. The number of nitrogens with one attached hydrogen (secondary N) is 1. The fourth-order valence-electron chi connectivity index (χ4n) is 2.56. The van der Waals surface area contributed by atoms with Crippen LogP contribution in [0.25, 0.3) is 0 Å². The Hall–Kier alpha value is -0.820. The first-order valence-electron chi connectivity index (χ1n) is 6.03. The van der Waals surface area contributed by atoms with Gasteiger partial charge in [0.05, 0.1) is 0 Å². The van der Waals surface area contributed by atoms with Gasteiger partial charge in [-0.2, -0.15) is 0 Å². The lowest BCUT2D eigenvalue weighted by molar-refractivity contribution is 0.394.